The molecule has 1 aliphatic heterocycles. The minimum atomic E-state index is -1.26. The SMILES string of the molecule is Cl.O=C(N[C@H]1CCNC[C@H]1F)c1cn(Cc2ccc(F)cc2)c2c(F)ccc(F)c12. The Balaban J connectivity index is 0.00000256. The third-order valence-electron chi connectivity index (χ3n) is 5.15. The smallest absolute Gasteiger partial charge is 0.253 e. The fraction of sp³-hybridized carbons (Fsp3) is 0.286. The zero-order chi connectivity index (χ0) is 20.5. The van der Waals surface area contributed by atoms with Crippen molar-refractivity contribution in [1.82, 2.24) is 15.2 Å². The summed E-state index contributed by atoms with van der Waals surface area (Å²) in [6.45, 7) is 0.796. The van der Waals surface area contributed by atoms with E-state index < -0.39 is 35.6 Å². The molecule has 0 spiro atoms. The molecule has 1 aliphatic rings. The molecule has 4 nitrogen and oxygen atoms in total. The average Bonchev–Trinajstić information content (AvgIpc) is 3.09. The molecule has 160 valence electrons. The third-order valence-corrected chi connectivity index (χ3v) is 5.15. The first-order chi connectivity index (χ1) is 13.9. The van der Waals surface area contributed by atoms with E-state index in [0.29, 0.717) is 18.5 Å². The minimum absolute atomic E-state index is 0. The number of halogens is 5. The summed E-state index contributed by atoms with van der Waals surface area (Å²) < 4.78 is 57.7. The molecule has 2 N–H and O–H groups in total. The van der Waals surface area contributed by atoms with Gasteiger partial charge in [0.05, 0.1) is 22.5 Å². The number of carbonyl (C=O) groups is 1. The number of carbonyl (C=O) groups excluding carboxylic acids is 1. The number of amides is 1. The van der Waals surface area contributed by atoms with E-state index in [9.17, 15) is 22.4 Å². The summed E-state index contributed by atoms with van der Waals surface area (Å²) in [5.74, 6) is -2.50. The van der Waals surface area contributed by atoms with Crippen molar-refractivity contribution in [3.63, 3.8) is 0 Å². The number of nitrogens with one attached hydrogen (secondary N) is 2. The molecule has 1 fully saturated rings. The number of hydrogen-bond donors (Lipinski definition) is 2. The Morgan fingerprint density at radius 1 is 1.10 bits per heavy atom. The maximum atomic E-state index is 14.6. The van der Waals surface area contributed by atoms with Crippen molar-refractivity contribution >= 4 is 29.2 Å². The van der Waals surface area contributed by atoms with Crippen molar-refractivity contribution in [2.24, 2.45) is 0 Å². The number of fused-ring (bicyclic) bond motifs is 1. The van der Waals surface area contributed by atoms with Gasteiger partial charge in [0, 0.05) is 19.3 Å². The molecule has 0 bridgehead atoms. The van der Waals surface area contributed by atoms with Gasteiger partial charge in [-0.25, -0.2) is 17.6 Å². The first-order valence-corrected chi connectivity index (χ1v) is 9.31. The van der Waals surface area contributed by atoms with E-state index in [1.54, 1.807) is 0 Å². The van der Waals surface area contributed by atoms with Crippen molar-refractivity contribution in [3.8, 4) is 0 Å². The molecular weight excluding hydrogens is 422 g/mol. The Hall–Kier alpha value is -2.58. The highest BCUT2D eigenvalue weighted by atomic mass is 35.5. The lowest BCUT2D eigenvalue weighted by atomic mass is 10.0. The minimum Gasteiger partial charge on any atom is -0.346 e. The van der Waals surface area contributed by atoms with Gasteiger partial charge in [-0.2, -0.15) is 0 Å². The molecule has 1 saturated heterocycles. The summed E-state index contributed by atoms with van der Waals surface area (Å²) >= 11 is 0. The number of rotatable bonds is 4. The van der Waals surface area contributed by atoms with E-state index in [4.69, 9.17) is 0 Å². The van der Waals surface area contributed by atoms with Crippen molar-refractivity contribution in [3.05, 3.63) is 71.2 Å². The molecule has 4 rings (SSSR count). The van der Waals surface area contributed by atoms with Gasteiger partial charge in [0.15, 0.2) is 0 Å². The highest BCUT2D eigenvalue weighted by molar-refractivity contribution is 6.07. The van der Waals surface area contributed by atoms with Crippen molar-refractivity contribution in [1.29, 1.82) is 0 Å². The van der Waals surface area contributed by atoms with Crippen LogP contribution in [0.3, 0.4) is 0 Å². The molecule has 2 atom stereocenters. The highest BCUT2D eigenvalue weighted by Crippen LogP contribution is 2.28. The number of hydrogen-bond acceptors (Lipinski definition) is 2. The monoisotopic (exact) mass is 441 g/mol. The quantitative estimate of drug-likeness (QED) is 0.602. The van der Waals surface area contributed by atoms with Gasteiger partial charge in [-0.1, -0.05) is 12.1 Å². The van der Waals surface area contributed by atoms with Crippen molar-refractivity contribution in [2.45, 2.75) is 25.2 Å². The van der Waals surface area contributed by atoms with Gasteiger partial charge in [-0.05, 0) is 42.8 Å². The van der Waals surface area contributed by atoms with Crippen LogP contribution in [-0.2, 0) is 6.54 Å². The summed E-state index contributed by atoms with van der Waals surface area (Å²) in [4.78, 5) is 12.8. The largest absolute Gasteiger partial charge is 0.346 e. The molecular formula is C21H20ClF4N3O. The number of alkyl halides is 1. The molecule has 1 amide bonds. The van der Waals surface area contributed by atoms with E-state index in [2.05, 4.69) is 10.6 Å². The highest BCUT2D eigenvalue weighted by Gasteiger charge is 2.28. The third kappa shape index (κ3) is 4.29. The molecule has 0 saturated carbocycles. The van der Waals surface area contributed by atoms with E-state index in [1.165, 1.54) is 35.0 Å². The predicted octanol–water partition coefficient (Wildman–Crippen LogP) is 3.96. The lowest BCUT2D eigenvalue weighted by Gasteiger charge is -2.27. The first-order valence-electron chi connectivity index (χ1n) is 9.31. The number of benzene rings is 2. The predicted molar refractivity (Wildman–Crippen MR) is 108 cm³/mol. The molecule has 30 heavy (non-hydrogen) atoms. The van der Waals surface area contributed by atoms with E-state index in [-0.39, 0.29) is 42.0 Å². The van der Waals surface area contributed by atoms with Crippen LogP contribution in [0.25, 0.3) is 10.9 Å². The summed E-state index contributed by atoms with van der Waals surface area (Å²) in [7, 11) is 0. The van der Waals surface area contributed by atoms with Crippen LogP contribution < -0.4 is 10.6 Å². The average molecular weight is 442 g/mol. The lowest BCUT2D eigenvalue weighted by Crippen LogP contribution is -2.50. The van der Waals surface area contributed by atoms with Gasteiger partial charge in [0.1, 0.15) is 23.6 Å². The van der Waals surface area contributed by atoms with E-state index >= 15 is 0 Å². The summed E-state index contributed by atoms with van der Waals surface area (Å²) in [5.41, 5.74) is 0.521. The number of nitrogens with zero attached hydrogens (tertiary/aromatic N) is 1. The van der Waals surface area contributed by atoms with Gasteiger partial charge in [0.2, 0.25) is 0 Å². The van der Waals surface area contributed by atoms with Crippen LogP contribution >= 0.6 is 12.4 Å². The van der Waals surface area contributed by atoms with Crippen molar-refractivity contribution < 1.29 is 22.4 Å². The second-order valence-corrected chi connectivity index (χ2v) is 7.14. The van der Waals surface area contributed by atoms with Gasteiger partial charge >= 0.3 is 0 Å². The Bertz CT molecular complexity index is 1050. The Labute approximate surface area is 176 Å². The molecule has 1 aromatic heterocycles. The first kappa shape index (κ1) is 22.1. The molecule has 2 aromatic carbocycles. The van der Waals surface area contributed by atoms with Crippen LogP contribution in [0.1, 0.15) is 22.3 Å². The van der Waals surface area contributed by atoms with Crippen LogP contribution in [0.15, 0.2) is 42.6 Å². The second kappa shape index (κ2) is 9.06. The van der Waals surface area contributed by atoms with E-state index in [1.807, 2.05) is 0 Å². The Kier molecular flexibility index (Phi) is 6.67. The molecule has 0 aliphatic carbocycles. The maximum Gasteiger partial charge on any atom is 0.253 e. The summed E-state index contributed by atoms with van der Waals surface area (Å²) in [6, 6.07) is 6.84. The topological polar surface area (TPSA) is 46.1 Å². The lowest BCUT2D eigenvalue weighted by molar-refractivity contribution is 0.0893. The van der Waals surface area contributed by atoms with Crippen molar-refractivity contribution in [2.75, 3.05) is 13.1 Å². The molecule has 2 heterocycles. The molecule has 3 aromatic rings. The molecule has 0 unspecified atom stereocenters. The van der Waals surface area contributed by atoms with Crippen LogP contribution in [-0.4, -0.2) is 35.8 Å². The van der Waals surface area contributed by atoms with Crippen LogP contribution in [0, 0.1) is 17.5 Å². The fourth-order valence-corrected chi connectivity index (χ4v) is 3.68. The Morgan fingerprint density at radius 3 is 2.50 bits per heavy atom. The number of aromatic nitrogens is 1. The van der Waals surface area contributed by atoms with Gasteiger partial charge in [0.25, 0.3) is 5.91 Å². The van der Waals surface area contributed by atoms with Crippen LogP contribution in [0.4, 0.5) is 17.6 Å². The van der Waals surface area contributed by atoms with Gasteiger partial charge in [-0.3, -0.25) is 4.79 Å². The second-order valence-electron chi connectivity index (χ2n) is 7.14. The summed E-state index contributed by atoms with van der Waals surface area (Å²) in [6.07, 6.45) is 0.490. The van der Waals surface area contributed by atoms with Gasteiger partial charge in [-0.15, -0.1) is 12.4 Å². The normalized spacial score (nSPS) is 18.8. The fourth-order valence-electron chi connectivity index (χ4n) is 3.68. The number of piperidine rings is 1. The van der Waals surface area contributed by atoms with Gasteiger partial charge < -0.3 is 15.2 Å². The van der Waals surface area contributed by atoms with E-state index in [0.717, 1.165) is 12.1 Å². The zero-order valence-electron chi connectivity index (χ0n) is 15.8. The summed E-state index contributed by atoms with van der Waals surface area (Å²) in [5, 5.41) is 5.34. The molecule has 9 heteroatoms. The Morgan fingerprint density at radius 2 is 1.80 bits per heavy atom. The van der Waals surface area contributed by atoms with Crippen LogP contribution in [0.2, 0.25) is 0 Å². The maximum absolute atomic E-state index is 14.6. The zero-order valence-corrected chi connectivity index (χ0v) is 16.6. The standard InChI is InChI=1S/C21H19F4N3O.ClH/c22-13-3-1-12(2-4-13)10-28-11-14(19-15(23)5-6-16(24)20(19)28)21(29)27-18-7-8-26-9-17(18)25;/h1-6,11,17-18,26H,7-10H2,(H,27,29);1H/t17-,18+;/m1./s1. The molecule has 0 radical (unpaired) electrons. The van der Waals surface area contributed by atoms with Crippen LogP contribution in [0.5, 0.6) is 0 Å².